The molecule has 51 heavy (non-hydrogen) atoms. The van der Waals surface area contributed by atoms with Crippen molar-refractivity contribution in [3.8, 4) is 0 Å². The van der Waals surface area contributed by atoms with Crippen LogP contribution in [-0.2, 0) is 9.59 Å². The van der Waals surface area contributed by atoms with Crippen molar-refractivity contribution in [2.75, 3.05) is 65.6 Å². The Morgan fingerprint density at radius 3 is 0.941 bits per heavy atom. The molecular weight excluding hydrogens is 636 g/mol. The van der Waals surface area contributed by atoms with Crippen LogP contribution in [0.2, 0.25) is 0 Å². The maximum atomic E-state index is 12.6. The fraction of sp³-hybridized carbons (Fsp3) is 0.953. The highest BCUT2D eigenvalue weighted by molar-refractivity contribution is 5.76. The van der Waals surface area contributed by atoms with Gasteiger partial charge >= 0.3 is 0 Å². The van der Waals surface area contributed by atoms with Gasteiger partial charge in [0.15, 0.2) is 0 Å². The van der Waals surface area contributed by atoms with Gasteiger partial charge in [0.05, 0.1) is 13.2 Å². The van der Waals surface area contributed by atoms with Crippen molar-refractivity contribution in [3.63, 3.8) is 0 Å². The monoisotopic (exact) mass is 725 g/mol. The van der Waals surface area contributed by atoms with E-state index in [4.69, 9.17) is 0 Å². The number of carbonyl (C=O) groups is 2. The smallest absolute Gasteiger partial charge is 0.221 e. The number of amides is 2. The fourth-order valence-corrected chi connectivity index (χ4v) is 6.91. The lowest BCUT2D eigenvalue weighted by molar-refractivity contribution is -0.121. The van der Waals surface area contributed by atoms with Gasteiger partial charge in [-0.3, -0.25) is 14.5 Å². The number of rotatable bonds is 42. The zero-order valence-electron chi connectivity index (χ0n) is 34.2. The summed E-state index contributed by atoms with van der Waals surface area (Å²) in [7, 11) is 0. The minimum absolute atomic E-state index is 0.0720. The molecule has 304 valence electrons. The molecule has 4 N–H and O–H groups in total. The molecule has 2 amide bonds. The van der Waals surface area contributed by atoms with Gasteiger partial charge in [-0.05, 0) is 32.4 Å². The van der Waals surface area contributed by atoms with Crippen molar-refractivity contribution < 1.29 is 19.8 Å². The van der Waals surface area contributed by atoms with E-state index in [0.717, 1.165) is 45.4 Å². The Kier molecular flexibility index (Phi) is 40.5. The molecule has 0 radical (unpaired) electrons. The van der Waals surface area contributed by atoms with E-state index in [1.807, 2.05) is 0 Å². The van der Waals surface area contributed by atoms with Crippen molar-refractivity contribution >= 4 is 11.8 Å². The van der Waals surface area contributed by atoms with E-state index in [0.29, 0.717) is 39.0 Å². The largest absolute Gasteiger partial charge is 0.395 e. The Bertz CT molecular complexity index is 672. The highest BCUT2D eigenvalue weighted by Crippen LogP contribution is 2.14. The van der Waals surface area contributed by atoms with E-state index < -0.39 is 0 Å². The van der Waals surface area contributed by atoms with E-state index in [1.54, 1.807) is 0 Å². The van der Waals surface area contributed by atoms with Crippen LogP contribution >= 0.6 is 0 Å². The van der Waals surface area contributed by atoms with Crippen LogP contribution in [0.4, 0.5) is 0 Å². The summed E-state index contributed by atoms with van der Waals surface area (Å²) in [6.07, 6.45) is 36.1. The Balaban J connectivity index is 4.15. The van der Waals surface area contributed by atoms with Crippen LogP contribution in [0.3, 0.4) is 0 Å². The Labute approximate surface area is 317 Å². The summed E-state index contributed by atoms with van der Waals surface area (Å²) in [5, 5.41) is 24.9. The van der Waals surface area contributed by atoms with E-state index in [9.17, 15) is 19.8 Å². The summed E-state index contributed by atoms with van der Waals surface area (Å²) in [6.45, 7) is 10.1. The number of nitrogens with zero attached hydrogens (tertiary/aromatic N) is 2. The molecule has 0 atom stereocenters. The first-order valence-corrected chi connectivity index (χ1v) is 22.3. The molecule has 0 heterocycles. The normalized spacial score (nSPS) is 11.6. The molecule has 0 aliphatic carbocycles. The third-order valence-electron chi connectivity index (χ3n) is 10.3. The zero-order valence-corrected chi connectivity index (χ0v) is 34.2. The molecule has 0 aromatic rings. The van der Waals surface area contributed by atoms with E-state index in [-0.39, 0.29) is 25.0 Å². The quantitative estimate of drug-likeness (QED) is 0.0468. The van der Waals surface area contributed by atoms with Crippen LogP contribution in [0.25, 0.3) is 0 Å². The molecule has 0 aliphatic rings. The van der Waals surface area contributed by atoms with Crippen molar-refractivity contribution in [1.82, 2.24) is 20.4 Å². The van der Waals surface area contributed by atoms with Gasteiger partial charge in [-0.15, -0.1) is 0 Å². The third-order valence-corrected chi connectivity index (χ3v) is 10.3. The molecule has 0 aromatic heterocycles. The van der Waals surface area contributed by atoms with E-state index in [1.165, 1.54) is 154 Å². The second-order valence-corrected chi connectivity index (χ2v) is 15.2. The van der Waals surface area contributed by atoms with Crippen molar-refractivity contribution in [3.05, 3.63) is 0 Å². The average molecular weight is 725 g/mol. The van der Waals surface area contributed by atoms with E-state index in [2.05, 4.69) is 34.3 Å². The summed E-state index contributed by atoms with van der Waals surface area (Å²) >= 11 is 0. The molecule has 8 nitrogen and oxygen atoms in total. The molecule has 8 heteroatoms. The summed E-state index contributed by atoms with van der Waals surface area (Å²) in [4.78, 5) is 29.6. The van der Waals surface area contributed by atoms with Gasteiger partial charge in [0.25, 0.3) is 0 Å². The van der Waals surface area contributed by atoms with Crippen molar-refractivity contribution in [2.24, 2.45) is 0 Å². The molecule has 0 aliphatic heterocycles. The van der Waals surface area contributed by atoms with Crippen LogP contribution in [0.1, 0.15) is 200 Å². The summed E-state index contributed by atoms with van der Waals surface area (Å²) in [5.41, 5.74) is 0. The molecule has 0 unspecified atom stereocenters. The molecule has 0 saturated carbocycles. The van der Waals surface area contributed by atoms with Crippen LogP contribution in [0.15, 0.2) is 0 Å². The van der Waals surface area contributed by atoms with Gasteiger partial charge in [0, 0.05) is 52.1 Å². The van der Waals surface area contributed by atoms with Crippen LogP contribution in [0, 0.1) is 0 Å². The lowest BCUT2D eigenvalue weighted by Crippen LogP contribution is -2.37. The van der Waals surface area contributed by atoms with E-state index >= 15 is 0 Å². The van der Waals surface area contributed by atoms with Crippen molar-refractivity contribution in [1.29, 1.82) is 0 Å². The summed E-state index contributed by atoms with van der Waals surface area (Å²) < 4.78 is 0. The molecule has 0 fully saturated rings. The molecule has 0 aromatic carbocycles. The molecule has 0 rings (SSSR count). The fourth-order valence-electron chi connectivity index (χ4n) is 6.91. The molecular formula is C43H88N4O4. The third kappa shape index (κ3) is 38.3. The number of aliphatic hydroxyl groups excluding tert-OH is 2. The molecule has 0 saturated heterocycles. The van der Waals surface area contributed by atoms with Gasteiger partial charge in [-0.25, -0.2) is 0 Å². The SMILES string of the molecule is CCCCCCCCCCCCCCCNC(=O)CCN(CCCN(CCO)CCO)CCC(=O)NCCCCCCCCCCCCCCC. The van der Waals surface area contributed by atoms with Crippen LogP contribution in [-0.4, -0.2) is 97.4 Å². The number of unbranched alkanes of at least 4 members (excludes halogenated alkanes) is 24. The second kappa shape index (κ2) is 41.5. The molecule has 0 bridgehead atoms. The minimum atomic E-state index is 0.0720. The second-order valence-electron chi connectivity index (χ2n) is 15.2. The Morgan fingerprint density at radius 2 is 0.647 bits per heavy atom. The summed E-state index contributed by atoms with van der Waals surface area (Å²) in [6, 6.07) is 0. The van der Waals surface area contributed by atoms with Gasteiger partial charge in [-0.2, -0.15) is 0 Å². The highest BCUT2D eigenvalue weighted by atomic mass is 16.3. The first kappa shape index (κ1) is 49.8. The maximum Gasteiger partial charge on any atom is 0.221 e. The number of hydrogen-bond donors (Lipinski definition) is 4. The van der Waals surface area contributed by atoms with Crippen LogP contribution in [0.5, 0.6) is 0 Å². The lowest BCUT2D eigenvalue weighted by Gasteiger charge is -2.25. The lowest BCUT2D eigenvalue weighted by atomic mass is 10.0. The highest BCUT2D eigenvalue weighted by Gasteiger charge is 2.12. The number of carbonyl (C=O) groups excluding carboxylic acids is 2. The Morgan fingerprint density at radius 1 is 0.373 bits per heavy atom. The van der Waals surface area contributed by atoms with Gasteiger partial charge < -0.3 is 25.7 Å². The topological polar surface area (TPSA) is 105 Å². The first-order chi connectivity index (χ1) is 25.1. The van der Waals surface area contributed by atoms with Crippen molar-refractivity contribution in [2.45, 2.75) is 200 Å². The number of hydrogen-bond acceptors (Lipinski definition) is 6. The number of nitrogens with one attached hydrogen (secondary N) is 2. The zero-order chi connectivity index (χ0) is 37.3. The van der Waals surface area contributed by atoms with Gasteiger partial charge in [-0.1, -0.05) is 168 Å². The van der Waals surface area contributed by atoms with Crippen LogP contribution < -0.4 is 10.6 Å². The van der Waals surface area contributed by atoms with Gasteiger partial charge in [0.2, 0.25) is 11.8 Å². The average Bonchev–Trinajstić information content (AvgIpc) is 3.12. The number of aliphatic hydroxyl groups is 2. The maximum absolute atomic E-state index is 12.6. The predicted octanol–water partition coefficient (Wildman–Crippen LogP) is 9.16. The Hall–Kier alpha value is -1.22. The minimum Gasteiger partial charge on any atom is -0.395 e. The predicted molar refractivity (Wildman–Crippen MR) is 218 cm³/mol. The standard InChI is InChI=1S/C43H88N4O4/c1-3-5-7-9-11-13-15-17-19-21-23-25-27-32-44-42(50)30-36-46(34-29-35-47(38-40-48)39-41-49)37-31-43(51)45-33-28-26-24-22-20-18-16-14-12-10-8-6-4-2/h48-49H,3-41H2,1-2H3,(H,44,50)(H,45,51). The first-order valence-electron chi connectivity index (χ1n) is 22.3. The molecule has 0 spiro atoms. The summed E-state index contributed by atoms with van der Waals surface area (Å²) in [5.74, 6) is 0.181. The van der Waals surface area contributed by atoms with Gasteiger partial charge in [0.1, 0.15) is 0 Å².